The monoisotopic (exact) mass is 782 g/mol. The lowest BCUT2D eigenvalue weighted by atomic mass is 9.65. The normalized spacial score (nSPS) is 15.0. The largest absolute Gasteiger partial charge is 0.508 e. The van der Waals surface area contributed by atoms with Crippen LogP contribution in [-0.4, -0.2) is 43.9 Å². The van der Waals surface area contributed by atoms with E-state index in [0.717, 1.165) is 38.9 Å². The number of hydrogen-bond acceptors (Lipinski definition) is 7. The van der Waals surface area contributed by atoms with E-state index >= 15 is 0 Å². The van der Waals surface area contributed by atoms with E-state index in [2.05, 4.69) is 0 Å². The summed E-state index contributed by atoms with van der Waals surface area (Å²) < 4.78 is 4.83. The molecule has 7 nitrogen and oxygen atoms in total. The standard InChI is InChI=1S/C18H20O2.C17H18O2.C12H10O2.C4H10O/c19-16-8-4-14(5-9-16)18(12-2-1-3-13-18)15-6-10-17(20)11-7-15;18-15-7-3-13(4-8-15)17(11-1-2-12-17)14-5-9-16(19)10-6-14;13-11-7-3-1-5-9(11)10-6-2-4-8-12(10)14;1-3-5-4-2/h4-11,19-20H,1-3,12-13H2;3-10,18-19H,1-2,11-12H2;1-8,13-14H;3-4H2,1-2H3. The maximum Gasteiger partial charge on any atom is 0.123 e. The fourth-order valence-corrected chi connectivity index (χ4v) is 8.35. The van der Waals surface area contributed by atoms with Crippen molar-refractivity contribution in [2.24, 2.45) is 0 Å². The molecule has 2 fully saturated rings. The number of benzene rings is 6. The van der Waals surface area contributed by atoms with E-state index < -0.39 is 0 Å². The van der Waals surface area contributed by atoms with E-state index in [1.165, 1.54) is 54.4 Å². The zero-order chi connectivity index (χ0) is 41.4. The van der Waals surface area contributed by atoms with Crippen LogP contribution in [0.3, 0.4) is 0 Å². The summed E-state index contributed by atoms with van der Waals surface area (Å²) in [5, 5.41) is 57.1. The molecule has 2 aliphatic rings. The number of aromatic hydroxyl groups is 6. The summed E-state index contributed by atoms with van der Waals surface area (Å²) >= 11 is 0. The van der Waals surface area contributed by atoms with Crippen LogP contribution in [0.1, 0.15) is 93.9 Å². The number of phenolic OH excluding ortho intramolecular Hbond substituents is 6. The Morgan fingerprint density at radius 3 is 0.862 bits per heavy atom. The minimum atomic E-state index is 0.0274. The fourth-order valence-electron chi connectivity index (χ4n) is 8.35. The molecule has 0 aliphatic heterocycles. The summed E-state index contributed by atoms with van der Waals surface area (Å²) in [6, 6.07) is 44.2. The first-order valence-electron chi connectivity index (χ1n) is 20.4. The van der Waals surface area contributed by atoms with E-state index in [1.54, 1.807) is 84.9 Å². The number of para-hydroxylation sites is 2. The van der Waals surface area contributed by atoms with E-state index in [0.29, 0.717) is 34.1 Å². The molecule has 2 saturated carbocycles. The minimum Gasteiger partial charge on any atom is -0.508 e. The second kappa shape index (κ2) is 21.0. The van der Waals surface area contributed by atoms with Crippen molar-refractivity contribution >= 4 is 0 Å². The summed E-state index contributed by atoms with van der Waals surface area (Å²) in [6.45, 7) is 5.67. The van der Waals surface area contributed by atoms with Crippen molar-refractivity contribution in [1.29, 1.82) is 0 Å². The summed E-state index contributed by atoms with van der Waals surface area (Å²) in [4.78, 5) is 0. The third-order valence-electron chi connectivity index (χ3n) is 11.4. The van der Waals surface area contributed by atoms with Gasteiger partial charge in [0.25, 0.3) is 0 Å². The van der Waals surface area contributed by atoms with Crippen LogP contribution in [0.4, 0.5) is 0 Å². The van der Waals surface area contributed by atoms with Gasteiger partial charge in [-0.1, -0.05) is 117 Å². The molecule has 2 aliphatic carbocycles. The van der Waals surface area contributed by atoms with Crippen LogP contribution < -0.4 is 0 Å². The van der Waals surface area contributed by atoms with Crippen molar-refractivity contribution in [3.05, 3.63) is 168 Å². The first-order chi connectivity index (χ1) is 28.1. The molecule has 6 N–H and O–H groups in total. The average Bonchev–Trinajstić information content (AvgIpc) is 3.75. The van der Waals surface area contributed by atoms with Gasteiger partial charge in [-0.15, -0.1) is 0 Å². The molecule has 58 heavy (non-hydrogen) atoms. The summed E-state index contributed by atoms with van der Waals surface area (Å²) in [6.07, 6.45) is 10.7. The highest BCUT2D eigenvalue weighted by Crippen LogP contribution is 2.47. The second-order valence-electron chi connectivity index (χ2n) is 14.9. The molecule has 0 heterocycles. The van der Waals surface area contributed by atoms with Gasteiger partial charge in [0, 0.05) is 35.2 Å². The smallest absolute Gasteiger partial charge is 0.123 e. The Morgan fingerprint density at radius 1 is 0.362 bits per heavy atom. The van der Waals surface area contributed by atoms with Crippen molar-refractivity contribution in [3.63, 3.8) is 0 Å². The van der Waals surface area contributed by atoms with Gasteiger partial charge < -0.3 is 35.4 Å². The molecule has 0 amide bonds. The van der Waals surface area contributed by atoms with Crippen LogP contribution in [-0.2, 0) is 15.6 Å². The average molecular weight is 783 g/mol. The SMILES string of the molecule is CCOCC.Oc1ccc(C2(c3ccc(O)cc3)CCCC2)cc1.Oc1ccc(C2(c3ccc(O)cc3)CCCCC2)cc1.Oc1ccccc1-c1ccccc1O. The van der Waals surface area contributed by atoms with E-state index in [1.807, 2.05) is 74.5 Å². The van der Waals surface area contributed by atoms with Gasteiger partial charge in [-0.25, -0.2) is 0 Å². The summed E-state index contributed by atoms with van der Waals surface area (Å²) in [5.41, 5.74) is 6.40. The lowest BCUT2D eigenvalue weighted by Gasteiger charge is -2.38. The van der Waals surface area contributed by atoms with Gasteiger partial charge in [0.1, 0.15) is 34.5 Å². The molecule has 6 aromatic carbocycles. The predicted molar refractivity (Wildman–Crippen MR) is 233 cm³/mol. The molecule has 8 rings (SSSR count). The molecule has 0 atom stereocenters. The Bertz CT molecular complexity index is 1960. The molecule has 0 spiro atoms. The van der Waals surface area contributed by atoms with Crippen molar-refractivity contribution < 1.29 is 35.4 Å². The third-order valence-corrected chi connectivity index (χ3v) is 11.4. The zero-order valence-electron chi connectivity index (χ0n) is 33.7. The first kappa shape index (κ1) is 43.2. The van der Waals surface area contributed by atoms with Gasteiger partial charge >= 0.3 is 0 Å². The number of ether oxygens (including phenoxy) is 1. The van der Waals surface area contributed by atoms with Crippen LogP contribution in [0.5, 0.6) is 34.5 Å². The minimum absolute atomic E-state index is 0.0274. The number of hydrogen-bond donors (Lipinski definition) is 6. The molecule has 0 aromatic heterocycles. The van der Waals surface area contributed by atoms with Crippen molar-refractivity contribution in [1.82, 2.24) is 0 Å². The van der Waals surface area contributed by atoms with Crippen molar-refractivity contribution in [2.75, 3.05) is 13.2 Å². The van der Waals surface area contributed by atoms with E-state index in [9.17, 15) is 30.6 Å². The van der Waals surface area contributed by atoms with Crippen LogP contribution in [0.15, 0.2) is 146 Å². The van der Waals surface area contributed by atoms with Crippen LogP contribution >= 0.6 is 0 Å². The molecule has 304 valence electrons. The molecular formula is C51H58O7. The van der Waals surface area contributed by atoms with E-state index in [-0.39, 0.29) is 22.3 Å². The van der Waals surface area contributed by atoms with Gasteiger partial charge in [-0.3, -0.25) is 0 Å². The Balaban J connectivity index is 0.000000158. The number of phenols is 6. The second-order valence-corrected chi connectivity index (χ2v) is 14.9. The highest BCUT2D eigenvalue weighted by Gasteiger charge is 2.37. The van der Waals surface area contributed by atoms with Crippen LogP contribution in [0, 0.1) is 0 Å². The predicted octanol–water partition coefficient (Wildman–Crippen LogP) is 12.1. The van der Waals surface area contributed by atoms with E-state index in [4.69, 9.17) is 4.74 Å². The maximum absolute atomic E-state index is 9.58. The Labute approximate surface area is 343 Å². The molecule has 7 heteroatoms. The fraction of sp³-hybridized carbons (Fsp3) is 0.294. The lowest BCUT2D eigenvalue weighted by Crippen LogP contribution is -2.30. The highest BCUT2D eigenvalue weighted by atomic mass is 16.5. The molecule has 0 unspecified atom stereocenters. The van der Waals surface area contributed by atoms with Gasteiger partial charge in [0.05, 0.1) is 0 Å². The third kappa shape index (κ3) is 10.9. The Kier molecular flexibility index (Phi) is 15.7. The van der Waals surface area contributed by atoms with Crippen molar-refractivity contribution in [3.8, 4) is 45.6 Å². The summed E-state index contributed by atoms with van der Waals surface area (Å²) in [7, 11) is 0. The maximum atomic E-state index is 9.58. The first-order valence-corrected chi connectivity index (χ1v) is 20.4. The molecule has 0 bridgehead atoms. The summed E-state index contributed by atoms with van der Waals surface area (Å²) in [5.74, 6) is 1.59. The molecule has 0 saturated heterocycles. The highest BCUT2D eigenvalue weighted by molar-refractivity contribution is 5.74. The molecule has 6 aromatic rings. The Hall–Kier alpha value is -5.92. The number of rotatable bonds is 7. The van der Waals surface area contributed by atoms with Gasteiger partial charge in [-0.05, 0) is 122 Å². The quantitative estimate of drug-likeness (QED) is 0.0950. The zero-order valence-corrected chi connectivity index (χ0v) is 33.7. The van der Waals surface area contributed by atoms with Crippen LogP contribution in [0.2, 0.25) is 0 Å². The van der Waals surface area contributed by atoms with Crippen LogP contribution in [0.25, 0.3) is 11.1 Å². The van der Waals surface area contributed by atoms with Crippen molar-refractivity contribution in [2.45, 2.75) is 82.5 Å². The lowest BCUT2D eigenvalue weighted by molar-refractivity contribution is 0.162. The molecule has 0 radical (unpaired) electrons. The topological polar surface area (TPSA) is 131 Å². The van der Waals surface area contributed by atoms with Gasteiger partial charge in [-0.2, -0.15) is 0 Å². The van der Waals surface area contributed by atoms with Gasteiger partial charge in [0.2, 0.25) is 0 Å². The molecular weight excluding hydrogens is 725 g/mol. The Morgan fingerprint density at radius 2 is 0.621 bits per heavy atom. The van der Waals surface area contributed by atoms with Gasteiger partial charge in [0.15, 0.2) is 0 Å².